The summed E-state index contributed by atoms with van der Waals surface area (Å²) in [5.74, 6) is -0.346. The van der Waals surface area contributed by atoms with E-state index in [1.807, 2.05) is 10.8 Å². The van der Waals surface area contributed by atoms with Crippen LogP contribution in [-0.2, 0) is 11.3 Å². The molecule has 88 valence electrons. The zero-order valence-corrected chi connectivity index (χ0v) is 9.80. The minimum absolute atomic E-state index is 0.317. The van der Waals surface area contributed by atoms with E-state index in [9.17, 15) is 4.79 Å². The Kier molecular flexibility index (Phi) is 3.77. The minimum Gasteiger partial charge on any atom is -0.460 e. The van der Waals surface area contributed by atoms with Gasteiger partial charge in [0.05, 0.1) is 18.4 Å². The molecule has 2 aromatic rings. The maximum atomic E-state index is 11.6. The lowest BCUT2D eigenvalue weighted by molar-refractivity contribution is 0.0491. The van der Waals surface area contributed by atoms with Crippen LogP contribution in [0.5, 0.6) is 0 Å². The third kappa shape index (κ3) is 3.32. The molecule has 1 aromatic carbocycles. The predicted molar refractivity (Wildman–Crippen MR) is 64.0 cm³/mol. The fourth-order valence-corrected chi connectivity index (χ4v) is 1.46. The fourth-order valence-electron chi connectivity index (χ4n) is 1.33. The van der Waals surface area contributed by atoms with Crippen molar-refractivity contribution in [3.05, 3.63) is 53.6 Å². The highest BCUT2D eigenvalue weighted by molar-refractivity contribution is 6.30. The van der Waals surface area contributed by atoms with E-state index in [0.717, 1.165) is 0 Å². The van der Waals surface area contributed by atoms with Crippen molar-refractivity contribution in [3.8, 4) is 0 Å². The van der Waals surface area contributed by atoms with Crippen LogP contribution in [0.3, 0.4) is 0 Å². The Labute approximate surface area is 104 Å². The van der Waals surface area contributed by atoms with E-state index in [-0.39, 0.29) is 5.97 Å². The topological polar surface area (TPSA) is 44.1 Å². The fraction of sp³-hybridized carbons (Fsp3) is 0.167. The van der Waals surface area contributed by atoms with E-state index in [4.69, 9.17) is 16.3 Å². The quantitative estimate of drug-likeness (QED) is 0.783. The van der Waals surface area contributed by atoms with E-state index in [0.29, 0.717) is 23.7 Å². The van der Waals surface area contributed by atoms with Gasteiger partial charge < -0.3 is 9.30 Å². The number of halogens is 1. The molecule has 0 spiro atoms. The van der Waals surface area contributed by atoms with Crippen molar-refractivity contribution in [2.75, 3.05) is 6.61 Å². The number of benzene rings is 1. The third-order valence-corrected chi connectivity index (χ3v) is 2.47. The number of carbonyl (C=O) groups is 1. The summed E-state index contributed by atoms with van der Waals surface area (Å²) in [5, 5.41) is 0.597. The van der Waals surface area contributed by atoms with Gasteiger partial charge in [0.2, 0.25) is 0 Å². The average Bonchev–Trinajstić information content (AvgIpc) is 2.83. The van der Waals surface area contributed by atoms with Gasteiger partial charge in [-0.05, 0) is 24.3 Å². The van der Waals surface area contributed by atoms with Crippen LogP contribution in [0.15, 0.2) is 43.0 Å². The summed E-state index contributed by atoms with van der Waals surface area (Å²) in [6.07, 6.45) is 5.17. The molecular formula is C12H11ClN2O2. The van der Waals surface area contributed by atoms with Crippen molar-refractivity contribution >= 4 is 17.6 Å². The predicted octanol–water partition coefficient (Wildman–Crippen LogP) is 2.39. The van der Waals surface area contributed by atoms with Crippen molar-refractivity contribution < 1.29 is 9.53 Å². The summed E-state index contributed by atoms with van der Waals surface area (Å²) in [4.78, 5) is 15.5. The van der Waals surface area contributed by atoms with Gasteiger partial charge in [0, 0.05) is 17.4 Å². The van der Waals surface area contributed by atoms with Gasteiger partial charge in [-0.1, -0.05) is 11.6 Å². The van der Waals surface area contributed by atoms with Crippen LogP contribution in [0.25, 0.3) is 0 Å². The van der Waals surface area contributed by atoms with E-state index in [2.05, 4.69) is 4.98 Å². The highest BCUT2D eigenvalue weighted by Crippen LogP contribution is 2.10. The molecule has 0 saturated carbocycles. The van der Waals surface area contributed by atoms with Crippen LogP contribution in [-0.4, -0.2) is 22.1 Å². The maximum Gasteiger partial charge on any atom is 0.338 e. The summed E-state index contributed by atoms with van der Waals surface area (Å²) in [6, 6.07) is 6.60. The van der Waals surface area contributed by atoms with Crippen LogP contribution < -0.4 is 0 Å². The normalized spacial score (nSPS) is 10.2. The standard InChI is InChI=1S/C12H11ClN2O2/c13-11-3-1-10(2-4-11)12(16)17-8-7-15-6-5-14-9-15/h1-6,9H,7-8H2. The summed E-state index contributed by atoms with van der Waals surface area (Å²) in [7, 11) is 0. The average molecular weight is 251 g/mol. The zero-order chi connectivity index (χ0) is 12.1. The van der Waals surface area contributed by atoms with Crippen LogP contribution in [0.1, 0.15) is 10.4 Å². The first kappa shape index (κ1) is 11.7. The van der Waals surface area contributed by atoms with Gasteiger partial charge in [-0.15, -0.1) is 0 Å². The second-order valence-electron chi connectivity index (χ2n) is 3.44. The molecule has 0 saturated heterocycles. The molecule has 0 bridgehead atoms. The maximum absolute atomic E-state index is 11.6. The summed E-state index contributed by atoms with van der Waals surface area (Å²) in [5.41, 5.74) is 0.500. The number of nitrogens with zero attached hydrogens (tertiary/aromatic N) is 2. The minimum atomic E-state index is -0.346. The van der Waals surface area contributed by atoms with Crippen molar-refractivity contribution in [1.29, 1.82) is 0 Å². The summed E-state index contributed by atoms with van der Waals surface area (Å²) >= 11 is 5.73. The molecule has 0 atom stereocenters. The number of rotatable bonds is 4. The number of esters is 1. The van der Waals surface area contributed by atoms with Gasteiger partial charge in [0.25, 0.3) is 0 Å². The molecular weight excluding hydrogens is 240 g/mol. The molecule has 1 aromatic heterocycles. The zero-order valence-electron chi connectivity index (χ0n) is 9.04. The first-order chi connectivity index (χ1) is 8.25. The molecule has 5 heteroatoms. The Bertz CT molecular complexity index is 480. The van der Waals surface area contributed by atoms with Gasteiger partial charge in [0.15, 0.2) is 0 Å². The Hall–Kier alpha value is -1.81. The third-order valence-electron chi connectivity index (χ3n) is 2.22. The number of hydrogen-bond donors (Lipinski definition) is 0. The molecule has 17 heavy (non-hydrogen) atoms. The van der Waals surface area contributed by atoms with E-state index in [1.54, 1.807) is 36.8 Å². The number of hydrogen-bond acceptors (Lipinski definition) is 3. The van der Waals surface area contributed by atoms with Gasteiger partial charge in [-0.2, -0.15) is 0 Å². The number of imidazole rings is 1. The van der Waals surface area contributed by atoms with Crippen molar-refractivity contribution in [2.24, 2.45) is 0 Å². The van der Waals surface area contributed by atoms with Gasteiger partial charge in [0.1, 0.15) is 6.61 Å². The highest BCUT2D eigenvalue weighted by atomic mass is 35.5. The van der Waals surface area contributed by atoms with E-state index in [1.165, 1.54) is 0 Å². The molecule has 0 amide bonds. The molecule has 0 aliphatic carbocycles. The summed E-state index contributed by atoms with van der Waals surface area (Å²) < 4.78 is 6.95. The molecule has 1 heterocycles. The Morgan fingerprint density at radius 1 is 1.35 bits per heavy atom. The molecule has 0 aliphatic heterocycles. The van der Waals surface area contributed by atoms with Gasteiger partial charge in [-0.3, -0.25) is 0 Å². The first-order valence-electron chi connectivity index (χ1n) is 5.14. The van der Waals surface area contributed by atoms with Crippen molar-refractivity contribution in [1.82, 2.24) is 9.55 Å². The van der Waals surface area contributed by atoms with Crippen LogP contribution in [0, 0.1) is 0 Å². The van der Waals surface area contributed by atoms with E-state index >= 15 is 0 Å². The summed E-state index contributed by atoms with van der Waals surface area (Å²) in [6.45, 7) is 0.914. The molecule has 0 unspecified atom stereocenters. The van der Waals surface area contributed by atoms with Crippen molar-refractivity contribution in [2.45, 2.75) is 6.54 Å². The number of ether oxygens (including phenoxy) is 1. The lowest BCUT2D eigenvalue weighted by Crippen LogP contribution is -2.10. The lowest BCUT2D eigenvalue weighted by Gasteiger charge is -2.05. The molecule has 0 aliphatic rings. The van der Waals surface area contributed by atoms with Gasteiger partial charge in [-0.25, -0.2) is 9.78 Å². The number of aromatic nitrogens is 2. The first-order valence-corrected chi connectivity index (χ1v) is 5.52. The van der Waals surface area contributed by atoms with Crippen LogP contribution in [0.4, 0.5) is 0 Å². The Morgan fingerprint density at radius 3 is 2.76 bits per heavy atom. The SMILES string of the molecule is O=C(OCCn1ccnc1)c1ccc(Cl)cc1. The monoisotopic (exact) mass is 250 g/mol. The Morgan fingerprint density at radius 2 is 2.12 bits per heavy atom. The smallest absolute Gasteiger partial charge is 0.338 e. The highest BCUT2D eigenvalue weighted by Gasteiger charge is 2.06. The molecule has 2 rings (SSSR count). The van der Waals surface area contributed by atoms with Crippen LogP contribution in [0.2, 0.25) is 5.02 Å². The molecule has 0 radical (unpaired) electrons. The largest absolute Gasteiger partial charge is 0.460 e. The molecule has 0 fully saturated rings. The number of carbonyl (C=O) groups excluding carboxylic acids is 1. The molecule has 0 N–H and O–H groups in total. The van der Waals surface area contributed by atoms with Crippen molar-refractivity contribution in [3.63, 3.8) is 0 Å². The second-order valence-corrected chi connectivity index (χ2v) is 3.88. The Balaban J connectivity index is 1.83. The second kappa shape index (κ2) is 5.50. The van der Waals surface area contributed by atoms with Gasteiger partial charge >= 0.3 is 5.97 Å². The lowest BCUT2D eigenvalue weighted by atomic mass is 10.2. The van der Waals surface area contributed by atoms with E-state index < -0.39 is 0 Å². The molecule has 4 nitrogen and oxygen atoms in total. The van der Waals surface area contributed by atoms with Crippen LogP contribution >= 0.6 is 11.6 Å².